The van der Waals surface area contributed by atoms with E-state index in [1.807, 2.05) is 6.07 Å². The number of rotatable bonds is 4. The van der Waals surface area contributed by atoms with E-state index in [0.717, 1.165) is 23.1 Å². The van der Waals surface area contributed by atoms with Crippen molar-refractivity contribution in [1.82, 2.24) is 15.1 Å². The standard InChI is InChI=1S/C25H19F4N5O3/c1-14-31-32-22(37-14)17-9-24(10-17)23(36)33(20-7-4-16(11-30)8-19(20)26)13-21(35)34(24)12-15-2-5-18(6-3-15)25(27,28)29/h2-8,17H,9-10,12-13H2,1H3. The highest BCUT2D eigenvalue weighted by molar-refractivity contribution is 6.10. The zero-order chi connectivity index (χ0) is 26.5. The Bertz CT molecular complexity index is 1420. The van der Waals surface area contributed by atoms with Gasteiger partial charge in [-0.25, -0.2) is 4.39 Å². The molecule has 1 saturated heterocycles. The van der Waals surface area contributed by atoms with Crippen LogP contribution in [0.5, 0.6) is 0 Å². The molecule has 2 aromatic carbocycles. The molecular formula is C25H19F4N5O3. The van der Waals surface area contributed by atoms with Crippen LogP contribution in [0, 0.1) is 24.1 Å². The number of piperazine rings is 1. The number of carbonyl (C=O) groups is 2. The molecule has 5 rings (SSSR count). The molecule has 2 fully saturated rings. The average Bonchev–Trinajstić information content (AvgIpc) is 3.26. The molecule has 1 saturated carbocycles. The summed E-state index contributed by atoms with van der Waals surface area (Å²) in [5.41, 5.74) is -1.88. The number of alkyl halides is 3. The molecule has 2 heterocycles. The van der Waals surface area contributed by atoms with Crippen molar-refractivity contribution < 1.29 is 31.6 Å². The van der Waals surface area contributed by atoms with Crippen LogP contribution >= 0.6 is 0 Å². The van der Waals surface area contributed by atoms with Crippen molar-refractivity contribution in [3.05, 3.63) is 76.8 Å². The minimum absolute atomic E-state index is 0.0613. The van der Waals surface area contributed by atoms with Crippen molar-refractivity contribution in [2.45, 2.75) is 43.9 Å². The first-order valence-corrected chi connectivity index (χ1v) is 11.3. The summed E-state index contributed by atoms with van der Waals surface area (Å²) in [6.07, 6.45) is -4.27. The second-order valence-corrected chi connectivity index (χ2v) is 9.14. The minimum atomic E-state index is -4.51. The highest BCUT2D eigenvalue weighted by atomic mass is 19.4. The van der Waals surface area contributed by atoms with E-state index in [4.69, 9.17) is 9.68 Å². The molecular weight excluding hydrogens is 494 g/mol. The first-order valence-electron chi connectivity index (χ1n) is 11.3. The maximum atomic E-state index is 14.8. The molecule has 2 aliphatic rings. The number of aryl methyl sites for hydroxylation is 1. The summed E-state index contributed by atoms with van der Waals surface area (Å²) in [6, 6.07) is 9.79. The molecule has 1 spiro atoms. The van der Waals surface area contributed by atoms with Crippen LogP contribution < -0.4 is 4.90 Å². The zero-order valence-corrected chi connectivity index (χ0v) is 19.4. The van der Waals surface area contributed by atoms with E-state index in [-0.39, 0.29) is 36.6 Å². The molecule has 190 valence electrons. The second-order valence-electron chi connectivity index (χ2n) is 9.14. The van der Waals surface area contributed by atoms with Gasteiger partial charge in [0.15, 0.2) is 0 Å². The van der Waals surface area contributed by atoms with Gasteiger partial charge in [0.2, 0.25) is 17.7 Å². The Hall–Kier alpha value is -4.27. The fourth-order valence-electron chi connectivity index (χ4n) is 4.91. The lowest BCUT2D eigenvalue weighted by molar-refractivity contribution is -0.160. The van der Waals surface area contributed by atoms with Gasteiger partial charge in [-0.2, -0.15) is 18.4 Å². The summed E-state index contributed by atoms with van der Waals surface area (Å²) < 4.78 is 59.3. The Kier molecular flexibility index (Phi) is 5.73. The molecule has 8 nitrogen and oxygen atoms in total. The van der Waals surface area contributed by atoms with Crippen LogP contribution in [0.4, 0.5) is 23.2 Å². The lowest BCUT2D eigenvalue weighted by Gasteiger charge is -2.56. The van der Waals surface area contributed by atoms with Crippen molar-refractivity contribution in [1.29, 1.82) is 5.26 Å². The van der Waals surface area contributed by atoms with Gasteiger partial charge >= 0.3 is 6.18 Å². The number of benzene rings is 2. The molecule has 0 unspecified atom stereocenters. The van der Waals surface area contributed by atoms with Gasteiger partial charge in [0.05, 0.1) is 22.9 Å². The van der Waals surface area contributed by atoms with Gasteiger partial charge in [-0.15, -0.1) is 10.2 Å². The quantitative estimate of drug-likeness (QED) is 0.487. The molecule has 1 aromatic heterocycles. The number of amides is 2. The van der Waals surface area contributed by atoms with Gasteiger partial charge in [0, 0.05) is 19.4 Å². The molecule has 1 aliphatic heterocycles. The van der Waals surface area contributed by atoms with Crippen molar-refractivity contribution in [2.24, 2.45) is 0 Å². The zero-order valence-electron chi connectivity index (χ0n) is 19.4. The van der Waals surface area contributed by atoms with Gasteiger partial charge in [0.1, 0.15) is 17.9 Å². The summed E-state index contributed by atoms with van der Waals surface area (Å²) in [5.74, 6) is -1.54. The fourth-order valence-corrected chi connectivity index (χ4v) is 4.91. The summed E-state index contributed by atoms with van der Waals surface area (Å²) in [5, 5.41) is 16.8. The first kappa shape index (κ1) is 24.4. The summed E-state index contributed by atoms with van der Waals surface area (Å²) in [7, 11) is 0. The summed E-state index contributed by atoms with van der Waals surface area (Å²) >= 11 is 0. The Morgan fingerprint density at radius 1 is 1.14 bits per heavy atom. The predicted octanol–water partition coefficient (Wildman–Crippen LogP) is 4.10. The Balaban J connectivity index is 1.48. The molecule has 37 heavy (non-hydrogen) atoms. The number of anilines is 1. The van der Waals surface area contributed by atoms with E-state index in [9.17, 15) is 27.2 Å². The van der Waals surface area contributed by atoms with Gasteiger partial charge in [-0.1, -0.05) is 12.1 Å². The SMILES string of the molecule is Cc1nnc(C2CC3(C2)C(=O)N(c2ccc(C#N)cc2F)CC(=O)N3Cc2ccc(C(F)(F)F)cc2)o1. The van der Waals surface area contributed by atoms with E-state index in [1.54, 1.807) is 6.92 Å². The average molecular weight is 513 g/mol. The molecule has 0 bridgehead atoms. The fraction of sp³-hybridized carbons (Fsp3) is 0.320. The van der Waals surface area contributed by atoms with Crippen LogP contribution in [0.1, 0.15) is 47.2 Å². The lowest BCUT2D eigenvalue weighted by atomic mass is 9.65. The van der Waals surface area contributed by atoms with Crippen LogP contribution in [0.2, 0.25) is 0 Å². The Morgan fingerprint density at radius 3 is 2.41 bits per heavy atom. The van der Waals surface area contributed by atoms with E-state index in [2.05, 4.69) is 10.2 Å². The number of hydrogen-bond donors (Lipinski definition) is 0. The molecule has 0 radical (unpaired) electrons. The second kappa shape index (κ2) is 8.69. The smallest absolute Gasteiger partial charge is 0.416 e. The topological polar surface area (TPSA) is 103 Å². The van der Waals surface area contributed by atoms with Crippen LogP contribution in [0.25, 0.3) is 0 Å². The highest BCUT2D eigenvalue weighted by Gasteiger charge is 2.61. The van der Waals surface area contributed by atoms with Gasteiger partial charge in [-0.3, -0.25) is 14.5 Å². The van der Waals surface area contributed by atoms with Crippen molar-refractivity contribution in [3.8, 4) is 6.07 Å². The highest BCUT2D eigenvalue weighted by Crippen LogP contribution is 2.51. The van der Waals surface area contributed by atoms with E-state index in [0.29, 0.717) is 17.3 Å². The third kappa shape index (κ3) is 4.20. The number of carbonyl (C=O) groups excluding carboxylic acids is 2. The number of nitrogens with zero attached hydrogens (tertiary/aromatic N) is 5. The van der Waals surface area contributed by atoms with Crippen molar-refractivity contribution in [3.63, 3.8) is 0 Å². The Morgan fingerprint density at radius 2 is 1.84 bits per heavy atom. The number of hydrogen-bond acceptors (Lipinski definition) is 6. The molecule has 2 amide bonds. The van der Waals surface area contributed by atoms with E-state index >= 15 is 0 Å². The van der Waals surface area contributed by atoms with E-state index in [1.165, 1.54) is 29.2 Å². The lowest BCUT2D eigenvalue weighted by Crippen LogP contribution is -2.72. The van der Waals surface area contributed by atoms with Crippen molar-refractivity contribution in [2.75, 3.05) is 11.4 Å². The molecule has 0 N–H and O–H groups in total. The largest absolute Gasteiger partial charge is 0.425 e. The normalized spacial score (nSPS) is 21.8. The third-order valence-electron chi connectivity index (χ3n) is 6.80. The Labute approximate surface area is 208 Å². The molecule has 12 heteroatoms. The van der Waals surface area contributed by atoms with Crippen LogP contribution in [0.15, 0.2) is 46.9 Å². The number of halogens is 4. The third-order valence-corrected chi connectivity index (χ3v) is 6.80. The molecule has 0 atom stereocenters. The minimum Gasteiger partial charge on any atom is -0.425 e. The van der Waals surface area contributed by atoms with Crippen LogP contribution in [-0.2, 0) is 22.3 Å². The summed E-state index contributed by atoms with van der Waals surface area (Å²) in [4.78, 5) is 29.6. The number of aromatic nitrogens is 2. The maximum Gasteiger partial charge on any atom is 0.416 e. The van der Waals surface area contributed by atoms with Crippen molar-refractivity contribution >= 4 is 17.5 Å². The monoisotopic (exact) mass is 513 g/mol. The van der Waals surface area contributed by atoms with Crippen LogP contribution in [0.3, 0.4) is 0 Å². The molecule has 3 aromatic rings. The van der Waals surface area contributed by atoms with Gasteiger partial charge < -0.3 is 9.32 Å². The van der Waals surface area contributed by atoms with Crippen LogP contribution in [-0.4, -0.2) is 39.0 Å². The molecule has 1 aliphatic carbocycles. The number of nitriles is 1. The van der Waals surface area contributed by atoms with Gasteiger partial charge in [0.25, 0.3) is 5.91 Å². The van der Waals surface area contributed by atoms with Gasteiger partial charge in [-0.05, 0) is 48.7 Å². The van der Waals surface area contributed by atoms with E-state index < -0.39 is 41.5 Å². The first-order chi connectivity index (χ1) is 17.5. The predicted molar refractivity (Wildman–Crippen MR) is 119 cm³/mol. The summed E-state index contributed by atoms with van der Waals surface area (Å²) in [6.45, 7) is 1.04. The maximum absolute atomic E-state index is 14.8.